The third kappa shape index (κ3) is 2.25. The van der Waals surface area contributed by atoms with E-state index in [9.17, 15) is 0 Å². The van der Waals surface area contributed by atoms with E-state index in [-0.39, 0.29) is 0 Å². The van der Waals surface area contributed by atoms with E-state index in [2.05, 4.69) is 20.6 Å². The van der Waals surface area contributed by atoms with E-state index in [1.807, 2.05) is 13.8 Å². The molecular formula is C9H16N4O. The Morgan fingerprint density at radius 1 is 1.14 bits per heavy atom. The Bertz CT molecular complexity index is 266. The highest BCUT2D eigenvalue weighted by Crippen LogP contribution is 2.28. The lowest BCUT2D eigenvalue weighted by Crippen LogP contribution is -2.07. The zero-order valence-electron chi connectivity index (χ0n) is 8.79. The highest BCUT2D eigenvalue weighted by Gasteiger charge is 2.09. The molecule has 1 aromatic rings. The zero-order chi connectivity index (χ0) is 10.4. The molecule has 5 heteroatoms. The molecule has 0 radical (unpaired) electrons. The maximum Gasteiger partial charge on any atom is 0.204 e. The van der Waals surface area contributed by atoms with Gasteiger partial charge in [0, 0.05) is 13.1 Å². The fourth-order valence-corrected chi connectivity index (χ4v) is 1.15. The Morgan fingerprint density at radius 3 is 2.00 bits per heavy atom. The largest absolute Gasteiger partial charge is 0.490 e. The molecule has 1 rings (SSSR count). The molecular weight excluding hydrogens is 180 g/mol. The van der Waals surface area contributed by atoms with Crippen molar-refractivity contribution in [3.8, 4) is 5.75 Å². The van der Waals surface area contributed by atoms with Crippen molar-refractivity contribution in [1.82, 2.24) is 9.97 Å². The van der Waals surface area contributed by atoms with E-state index in [1.54, 1.807) is 7.11 Å². The Hall–Kier alpha value is -1.52. The van der Waals surface area contributed by atoms with E-state index in [0.717, 1.165) is 24.7 Å². The Labute approximate surface area is 83.9 Å². The summed E-state index contributed by atoms with van der Waals surface area (Å²) in [5.74, 6) is 2.11. The quantitative estimate of drug-likeness (QED) is 0.744. The molecule has 0 amide bonds. The third-order valence-electron chi connectivity index (χ3n) is 1.70. The van der Waals surface area contributed by atoms with Crippen molar-refractivity contribution >= 4 is 11.6 Å². The number of methoxy groups -OCH3 is 1. The van der Waals surface area contributed by atoms with Gasteiger partial charge in [0.05, 0.1) is 7.11 Å². The van der Waals surface area contributed by atoms with Gasteiger partial charge in [0.1, 0.15) is 6.33 Å². The summed E-state index contributed by atoms with van der Waals surface area (Å²) in [6.07, 6.45) is 1.51. The van der Waals surface area contributed by atoms with Gasteiger partial charge in [-0.1, -0.05) is 0 Å². The van der Waals surface area contributed by atoms with Crippen LogP contribution < -0.4 is 15.4 Å². The van der Waals surface area contributed by atoms with Gasteiger partial charge in [-0.2, -0.15) is 0 Å². The van der Waals surface area contributed by atoms with Crippen molar-refractivity contribution in [3.63, 3.8) is 0 Å². The summed E-state index contributed by atoms with van der Waals surface area (Å²) in [7, 11) is 1.61. The van der Waals surface area contributed by atoms with Crippen molar-refractivity contribution in [3.05, 3.63) is 6.33 Å². The van der Waals surface area contributed by atoms with E-state index >= 15 is 0 Å². The summed E-state index contributed by atoms with van der Waals surface area (Å²) in [4.78, 5) is 8.19. The normalized spacial score (nSPS) is 9.64. The van der Waals surface area contributed by atoms with Gasteiger partial charge in [-0.25, -0.2) is 9.97 Å². The van der Waals surface area contributed by atoms with Crippen LogP contribution in [0.4, 0.5) is 11.6 Å². The molecule has 0 aliphatic rings. The summed E-state index contributed by atoms with van der Waals surface area (Å²) in [6.45, 7) is 5.63. The van der Waals surface area contributed by atoms with Crippen LogP contribution in [0.15, 0.2) is 6.33 Å². The van der Waals surface area contributed by atoms with E-state index in [1.165, 1.54) is 6.33 Å². The van der Waals surface area contributed by atoms with Crippen LogP contribution in [0.1, 0.15) is 13.8 Å². The molecule has 0 aromatic carbocycles. The first-order valence-corrected chi connectivity index (χ1v) is 4.70. The summed E-state index contributed by atoms with van der Waals surface area (Å²) >= 11 is 0. The van der Waals surface area contributed by atoms with Gasteiger partial charge in [-0.15, -0.1) is 0 Å². The number of ether oxygens (including phenoxy) is 1. The van der Waals surface area contributed by atoms with E-state index in [0.29, 0.717) is 5.75 Å². The molecule has 14 heavy (non-hydrogen) atoms. The number of nitrogens with zero attached hydrogens (tertiary/aromatic N) is 2. The van der Waals surface area contributed by atoms with Gasteiger partial charge in [0.25, 0.3) is 0 Å². The minimum Gasteiger partial charge on any atom is -0.490 e. The lowest BCUT2D eigenvalue weighted by Gasteiger charge is -2.12. The molecule has 0 bridgehead atoms. The smallest absolute Gasteiger partial charge is 0.204 e. The predicted molar refractivity (Wildman–Crippen MR) is 56.9 cm³/mol. The number of hydrogen-bond donors (Lipinski definition) is 2. The first kappa shape index (κ1) is 10.6. The van der Waals surface area contributed by atoms with Crippen molar-refractivity contribution in [1.29, 1.82) is 0 Å². The molecule has 1 heterocycles. The molecule has 1 aromatic heterocycles. The van der Waals surface area contributed by atoms with Crippen LogP contribution in [0.2, 0.25) is 0 Å². The first-order chi connectivity index (χ1) is 6.83. The van der Waals surface area contributed by atoms with E-state index in [4.69, 9.17) is 4.74 Å². The maximum absolute atomic E-state index is 5.23. The number of hydrogen-bond acceptors (Lipinski definition) is 5. The van der Waals surface area contributed by atoms with Gasteiger partial charge in [-0.3, -0.25) is 0 Å². The van der Waals surface area contributed by atoms with Crippen LogP contribution in [0.3, 0.4) is 0 Å². The Morgan fingerprint density at radius 2 is 1.64 bits per heavy atom. The van der Waals surface area contributed by atoms with Crippen LogP contribution in [0.25, 0.3) is 0 Å². The van der Waals surface area contributed by atoms with Crippen molar-refractivity contribution < 1.29 is 4.74 Å². The minimum absolute atomic E-state index is 0.663. The first-order valence-electron chi connectivity index (χ1n) is 4.70. The molecule has 0 saturated heterocycles. The van der Waals surface area contributed by atoms with Crippen LogP contribution in [-0.2, 0) is 0 Å². The molecule has 0 atom stereocenters. The van der Waals surface area contributed by atoms with Gasteiger partial charge in [0.15, 0.2) is 11.6 Å². The second-order valence-corrected chi connectivity index (χ2v) is 2.66. The highest BCUT2D eigenvalue weighted by molar-refractivity contribution is 5.63. The number of rotatable bonds is 5. The maximum atomic E-state index is 5.23. The average Bonchev–Trinajstić information content (AvgIpc) is 2.19. The minimum atomic E-state index is 0.663. The molecule has 78 valence electrons. The van der Waals surface area contributed by atoms with Crippen LogP contribution in [0, 0.1) is 0 Å². The molecule has 0 fully saturated rings. The van der Waals surface area contributed by atoms with Gasteiger partial charge < -0.3 is 15.4 Å². The SMILES string of the molecule is CCNc1ncnc(NCC)c1OC. The predicted octanol–water partition coefficient (Wildman–Crippen LogP) is 1.35. The van der Waals surface area contributed by atoms with Crippen LogP contribution >= 0.6 is 0 Å². The number of aromatic nitrogens is 2. The third-order valence-corrected chi connectivity index (χ3v) is 1.70. The van der Waals surface area contributed by atoms with Crippen molar-refractivity contribution in [2.75, 3.05) is 30.8 Å². The van der Waals surface area contributed by atoms with Gasteiger partial charge in [-0.05, 0) is 13.8 Å². The lowest BCUT2D eigenvalue weighted by atomic mass is 10.4. The number of anilines is 2. The zero-order valence-corrected chi connectivity index (χ0v) is 8.79. The average molecular weight is 196 g/mol. The number of nitrogens with one attached hydrogen (secondary N) is 2. The molecule has 0 aliphatic carbocycles. The molecule has 0 saturated carbocycles. The fourth-order valence-electron chi connectivity index (χ4n) is 1.15. The Balaban J connectivity index is 2.98. The second-order valence-electron chi connectivity index (χ2n) is 2.66. The summed E-state index contributed by atoms with van der Waals surface area (Å²) in [6, 6.07) is 0. The molecule has 0 unspecified atom stereocenters. The standard InChI is InChI=1S/C9H16N4O/c1-4-10-8-7(14-3)9(11-5-2)13-6-12-8/h6H,4-5H2,1-3H3,(H2,10,11,12,13). The van der Waals surface area contributed by atoms with Gasteiger partial charge in [0.2, 0.25) is 5.75 Å². The second kappa shape index (κ2) is 5.26. The van der Waals surface area contributed by atoms with Gasteiger partial charge >= 0.3 is 0 Å². The lowest BCUT2D eigenvalue weighted by molar-refractivity contribution is 0.414. The molecule has 0 aliphatic heterocycles. The molecule has 2 N–H and O–H groups in total. The Kier molecular flexibility index (Phi) is 3.97. The van der Waals surface area contributed by atoms with Crippen LogP contribution in [-0.4, -0.2) is 30.2 Å². The molecule has 0 spiro atoms. The fraction of sp³-hybridized carbons (Fsp3) is 0.556. The van der Waals surface area contributed by atoms with Crippen molar-refractivity contribution in [2.45, 2.75) is 13.8 Å². The van der Waals surface area contributed by atoms with Crippen molar-refractivity contribution in [2.24, 2.45) is 0 Å². The summed E-state index contributed by atoms with van der Waals surface area (Å²) in [5.41, 5.74) is 0. The summed E-state index contributed by atoms with van der Waals surface area (Å²) < 4.78 is 5.23. The van der Waals surface area contributed by atoms with E-state index < -0.39 is 0 Å². The van der Waals surface area contributed by atoms with Crippen LogP contribution in [0.5, 0.6) is 5.75 Å². The topological polar surface area (TPSA) is 59.1 Å². The monoisotopic (exact) mass is 196 g/mol. The summed E-state index contributed by atoms with van der Waals surface area (Å²) in [5, 5.41) is 6.22. The molecule has 5 nitrogen and oxygen atoms in total. The highest BCUT2D eigenvalue weighted by atomic mass is 16.5.